The molecule has 2 N–H and O–H groups in total. The zero-order valence-corrected chi connectivity index (χ0v) is 11.9. The lowest BCUT2D eigenvalue weighted by molar-refractivity contribution is 0.242. The van der Waals surface area contributed by atoms with Crippen molar-refractivity contribution in [2.75, 3.05) is 5.73 Å². The van der Waals surface area contributed by atoms with Gasteiger partial charge in [-0.3, -0.25) is 9.88 Å². The summed E-state index contributed by atoms with van der Waals surface area (Å²) in [5, 5.41) is 0. The van der Waals surface area contributed by atoms with Gasteiger partial charge in [-0.2, -0.15) is 0 Å². The first-order valence-corrected chi connectivity index (χ1v) is 7.22. The number of aryl methyl sites for hydroxylation is 1. The van der Waals surface area contributed by atoms with E-state index in [1.54, 1.807) is 0 Å². The first-order chi connectivity index (χ1) is 9.70. The topological polar surface area (TPSA) is 42.1 Å². The SMILES string of the molecule is Cc1cccc(CN(Cc2cccc(N)c2)C2CC2)n1. The Hall–Kier alpha value is -1.87. The largest absolute Gasteiger partial charge is 0.399 e. The highest BCUT2D eigenvalue weighted by Crippen LogP contribution is 2.29. The molecule has 104 valence electrons. The maximum Gasteiger partial charge on any atom is 0.0547 e. The Kier molecular flexibility index (Phi) is 3.70. The molecule has 1 heterocycles. The van der Waals surface area contributed by atoms with Crippen molar-refractivity contribution < 1.29 is 0 Å². The fraction of sp³-hybridized carbons (Fsp3) is 0.353. The van der Waals surface area contributed by atoms with Crippen molar-refractivity contribution in [1.82, 2.24) is 9.88 Å². The molecule has 0 aliphatic heterocycles. The van der Waals surface area contributed by atoms with E-state index in [0.717, 1.165) is 30.2 Å². The normalized spacial score (nSPS) is 14.7. The van der Waals surface area contributed by atoms with Crippen LogP contribution in [0.2, 0.25) is 0 Å². The highest BCUT2D eigenvalue weighted by atomic mass is 15.2. The second-order valence-corrected chi connectivity index (χ2v) is 5.65. The average Bonchev–Trinajstić information content (AvgIpc) is 3.22. The van der Waals surface area contributed by atoms with Gasteiger partial charge in [0, 0.05) is 30.5 Å². The van der Waals surface area contributed by atoms with Crippen LogP contribution in [0, 0.1) is 6.92 Å². The number of benzene rings is 1. The maximum atomic E-state index is 5.87. The van der Waals surface area contributed by atoms with Crippen LogP contribution in [0.3, 0.4) is 0 Å². The van der Waals surface area contributed by atoms with Gasteiger partial charge in [0.25, 0.3) is 0 Å². The molecule has 2 aromatic rings. The number of nitrogens with two attached hydrogens (primary N) is 1. The molecule has 3 rings (SSSR count). The fourth-order valence-electron chi connectivity index (χ4n) is 2.58. The number of rotatable bonds is 5. The molecule has 1 aromatic carbocycles. The van der Waals surface area contributed by atoms with Gasteiger partial charge in [0.2, 0.25) is 0 Å². The predicted octanol–water partition coefficient (Wildman–Crippen LogP) is 3.14. The van der Waals surface area contributed by atoms with E-state index in [4.69, 9.17) is 5.73 Å². The van der Waals surface area contributed by atoms with Crippen LogP contribution in [0.5, 0.6) is 0 Å². The minimum absolute atomic E-state index is 0.707. The van der Waals surface area contributed by atoms with Crippen LogP contribution in [0.15, 0.2) is 42.5 Å². The molecular weight excluding hydrogens is 246 g/mol. The Labute approximate surface area is 120 Å². The molecule has 0 atom stereocenters. The van der Waals surface area contributed by atoms with E-state index in [2.05, 4.69) is 34.1 Å². The molecule has 1 aliphatic rings. The zero-order chi connectivity index (χ0) is 13.9. The van der Waals surface area contributed by atoms with E-state index in [1.807, 2.05) is 25.1 Å². The number of pyridine rings is 1. The summed E-state index contributed by atoms with van der Waals surface area (Å²) in [5.74, 6) is 0. The lowest BCUT2D eigenvalue weighted by Crippen LogP contribution is -2.25. The van der Waals surface area contributed by atoms with Crippen molar-refractivity contribution in [3.8, 4) is 0 Å². The molecule has 3 nitrogen and oxygen atoms in total. The Morgan fingerprint density at radius 1 is 1.15 bits per heavy atom. The molecule has 1 aliphatic carbocycles. The number of nitrogen functional groups attached to an aromatic ring is 1. The molecule has 0 saturated heterocycles. The van der Waals surface area contributed by atoms with Crippen LogP contribution in [0.1, 0.15) is 29.8 Å². The van der Waals surface area contributed by atoms with Crippen molar-refractivity contribution in [1.29, 1.82) is 0 Å². The number of aromatic nitrogens is 1. The summed E-state index contributed by atoms with van der Waals surface area (Å²) in [6, 6.07) is 15.1. The summed E-state index contributed by atoms with van der Waals surface area (Å²) in [6.45, 7) is 3.91. The molecule has 0 amide bonds. The average molecular weight is 267 g/mol. The van der Waals surface area contributed by atoms with E-state index >= 15 is 0 Å². The minimum Gasteiger partial charge on any atom is -0.399 e. The van der Waals surface area contributed by atoms with Gasteiger partial charge in [0.15, 0.2) is 0 Å². The van der Waals surface area contributed by atoms with E-state index in [-0.39, 0.29) is 0 Å². The van der Waals surface area contributed by atoms with Gasteiger partial charge in [-0.15, -0.1) is 0 Å². The number of hydrogen-bond donors (Lipinski definition) is 1. The van der Waals surface area contributed by atoms with Crippen LogP contribution in [0.4, 0.5) is 5.69 Å². The molecule has 1 fully saturated rings. The number of nitrogens with zero attached hydrogens (tertiary/aromatic N) is 2. The van der Waals surface area contributed by atoms with Crippen molar-refractivity contribution in [2.24, 2.45) is 0 Å². The molecule has 3 heteroatoms. The standard InChI is InChI=1S/C17H21N3/c1-13-4-2-7-16(19-13)12-20(17-8-9-17)11-14-5-3-6-15(18)10-14/h2-7,10,17H,8-9,11-12,18H2,1H3. The number of anilines is 1. The summed E-state index contributed by atoms with van der Waals surface area (Å²) in [7, 11) is 0. The van der Waals surface area contributed by atoms with Crippen LogP contribution in [0.25, 0.3) is 0 Å². The fourth-order valence-corrected chi connectivity index (χ4v) is 2.58. The third kappa shape index (κ3) is 3.36. The molecule has 0 radical (unpaired) electrons. The van der Waals surface area contributed by atoms with Crippen molar-refractivity contribution in [3.63, 3.8) is 0 Å². The Balaban J connectivity index is 1.73. The molecular formula is C17H21N3. The monoisotopic (exact) mass is 267 g/mol. The third-order valence-electron chi connectivity index (χ3n) is 3.71. The van der Waals surface area contributed by atoms with Crippen LogP contribution < -0.4 is 5.73 Å². The van der Waals surface area contributed by atoms with Gasteiger partial charge in [-0.05, 0) is 49.6 Å². The van der Waals surface area contributed by atoms with E-state index in [1.165, 1.54) is 18.4 Å². The smallest absolute Gasteiger partial charge is 0.0547 e. The lowest BCUT2D eigenvalue weighted by Gasteiger charge is -2.22. The Bertz CT molecular complexity index is 543. The second kappa shape index (κ2) is 5.63. The molecule has 0 bridgehead atoms. The lowest BCUT2D eigenvalue weighted by atomic mass is 10.2. The van der Waals surface area contributed by atoms with Crippen molar-refractivity contribution in [3.05, 3.63) is 59.4 Å². The Morgan fingerprint density at radius 3 is 2.65 bits per heavy atom. The van der Waals surface area contributed by atoms with Gasteiger partial charge in [-0.25, -0.2) is 0 Å². The molecule has 0 spiro atoms. The second-order valence-electron chi connectivity index (χ2n) is 5.65. The molecule has 1 aromatic heterocycles. The van der Waals surface area contributed by atoms with E-state index in [9.17, 15) is 0 Å². The Morgan fingerprint density at radius 2 is 1.95 bits per heavy atom. The van der Waals surface area contributed by atoms with Crippen LogP contribution in [-0.4, -0.2) is 15.9 Å². The summed E-state index contributed by atoms with van der Waals surface area (Å²) >= 11 is 0. The highest BCUT2D eigenvalue weighted by molar-refractivity contribution is 5.40. The van der Waals surface area contributed by atoms with E-state index in [0.29, 0.717) is 6.04 Å². The molecule has 1 saturated carbocycles. The summed E-state index contributed by atoms with van der Waals surface area (Å²) < 4.78 is 0. The molecule has 20 heavy (non-hydrogen) atoms. The van der Waals surface area contributed by atoms with Gasteiger partial charge in [0.05, 0.1) is 5.69 Å². The number of hydrogen-bond acceptors (Lipinski definition) is 3. The summed E-state index contributed by atoms with van der Waals surface area (Å²) in [5.41, 5.74) is 10.2. The van der Waals surface area contributed by atoms with Gasteiger partial charge < -0.3 is 5.73 Å². The van der Waals surface area contributed by atoms with Crippen LogP contribution in [-0.2, 0) is 13.1 Å². The van der Waals surface area contributed by atoms with Crippen molar-refractivity contribution in [2.45, 2.75) is 38.9 Å². The summed E-state index contributed by atoms with van der Waals surface area (Å²) in [4.78, 5) is 7.13. The van der Waals surface area contributed by atoms with Crippen LogP contribution >= 0.6 is 0 Å². The van der Waals surface area contributed by atoms with Gasteiger partial charge in [0.1, 0.15) is 0 Å². The quantitative estimate of drug-likeness (QED) is 0.846. The zero-order valence-electron chi connectivity index (χ0n) is 11.9. The van der Waals surface area contributed by atoms with Gasteiger partial charge in [-0.1, -0.05) is 18.2 Å². The first-order valence-electron chi connectivity index (χ1n) is 7.22. The maximum absolute atomic E-state index is 5.87. The van der Waals surface area contributed by atoms with Gasteiger partial charge >= 0.3 is 0 Å². The summed E-state index contributed by atoms with van der Waals surface area (Å²) in [6.07, 6.45) is 2.60. The third-order valence-corrected chi connectivity index (χ3v) is 3.71. The molecule has 0 unspecified atom stereocenters. The first kappa shape index (κ1) is 13.1. The highest BCUT2D eigenvalue weighted by Gasteiger charge is 2.29. The van der Waals surface area contributed by atoms with E-state index < -0.39 is 0 Å². The predicted molar refractivity (Wildman–Crippen MR) is 82.1 cm³/mol. The minimum atomic E-state index is 0.707. The van der Waals surface area contributed by atoms with Crippen molar-refractivity contribution >= 4 is 5.69 Å².